The van der Waals surface area contributed by atoms with E-state index < -0.39 is 0 Å². The largest absolute Gasteiger partial charge is 0.379 e. The van der Waals surface area contributed by atoms with Crippen LogP contribution in [0.3, 0.4) is 0 Å². The third-order valence-corrected chi connectivity index (χ3v) is 6.71. The van der Waals surface area contributed by atoms with Gasteiger partial charge in [0.15, 0.2) is 5.96 Å². The van der Waals surface area contributed by atoms with Crippen molar-refractivity contribution in [3.05, 3.63) is 57.9 Å². The molecule has 3 heterocycles. The molecule has 0 radical (unpaired) electrons. The van der Waals surface area contributed by atoms with Crippen LogP contribution in [0.1, 0.15) is 22.0 Å². The van der Waals surface area contributed by atoms with Crippen molar-refractivity contribution in [1.29, 1.82) is 0 Å². The van der Waals surface area contributed by atoms with Crippen molar-refractivity contribution in [2.75, 3.05) is 46.4 Å². The quantitative estimate of drug-likeness (QED) is 0.236. The van der Waals surface area contributed by atoms with E-state index in [0.29, 0.717) is 6.04 Å². The number of halogens is 1. The number of nitrogens with one attached hydrogen (secondary N) is 3. The molecule has 6 nitrogen and oxygen atoms in total. The van der Waals surface area contributed by atoms with Gasteiger partial charge in [0, 0.05) is 55.2 Å². The molecule has 168 valence electrons. The third kappa shape index (κ3) is 6.00. The summed E-state index contributed by atoms with van der Waals surface area (Å²) in [7, 11) is 1.83. The van der Waals surface area contributed by atoms with E-state index in [0.717, 1.165) is 51.8 Å². The van der Waals surface area contributed by atoms with Crippen molar-refractivity contribution in [2.45, 2.75) is 19.4 Å². The lowest BCUT2D eigenvalue weighted by atomic mass is 10.1. The molecule has 3 aromatic rings. The Morgan fingerprint density at radius 1 is 1.23 bits per heavy atom. The number of hydrogen-bond donors (Lipinski definition) is 3. The monoisotopic (exact) mass is 553 g/mol. The van der Waals surface area contributed by atoms with Crippen LogP contribution in [0.25, 0.3) is 10.9 Å². The fraction of sp³-hybridized carbons (Fsp3) is 0.435. The molecule has 0 amide bonds. The van der Waals surface area contributed by atoms with Gasteiger partial charge in [0.1, 0.15) is 0 Å². The minimum Gasteiger partial charge on any atom is -0.379 e. The van der Waals surface area contributed by atoms with Gasteiger partial charge in [0.25, 0.3) is 0 Å². The normalized spacial score (nSPS) is 16.1. The highest BCUT2D eigenvalue weighted by Gasteiger charge is 2.23. The molecule has 2 aromatic heterocycles. The molecule has 31 heavy (non-hydrogen) atoms. The molecular weight excluding hydrogens is 521 g/mol. The van der Waals surface area contributed by atoms with Crippen LogP contribution in [0.4, 0.5) is 0 Å². The Balaban J connectivity index is 0.00000272. The molecule has 0 spiro atoms. The number of aliphatic imine (C=N–C) groups is 1. The Morgan fingerprint density at radius 3 is 2.81 bits per heavy atom. The first-order valence-corrected chi connectivity index (χ1v) is 11.5. The molecule has 1 saturated heterocycles. The average molecular weight is 554 g/mol. The number of fused-ring (bicyclic) bond motifs is 1. The molecule has 1 aliphatic heterocycles. The molecule has 1 aromatic carbocycles. The molecule has 0 saturated carbocycles. The Kier molecular flexibility index (Phi) is 9.18. The molecule has 1 atom stereocenters. The van der Waals surface area contributed by atoms with Gasteiger partial charge in [-0.2, -0.15) is 0 Å². The van der Waals surface area contributed by atoms with Gasteiger partial charge in [-0.3, -0.25) is 9.89 Å². The van der Waals surface area contributed by atoms with Gasteiger partial charge in [-0.1, -0.05) is 24.3 Å². The number of H-pyrrole nitrogens is 1. The number of rotatable bonds is 7. The van der Waals surface area contributed by atoms with Crippen molar-refractivity contribution in [2.24, 2.45) is 4.99 Å². The van der Waals surface area contributed by atoms with Gasteiger partial charge in [0.2, 0.25) is 0 Å². The first kappa shape index (κ1) is 24.0. The maximum atomic E-state index is 5.54. The predicted octanol–water partition coefficient (Wildman–Crippen LogP) is 3.94. The molecule has 8 heteroatoms. The zero-order valence-electron chi connectivity index (χ0n) is 18.2. The number of aromatic amines is 1. The number of para-hydroxylation sites is 1. The number of aromatic nitrogens is 1. The number of ether oxygens (including phenoxy) is 1. The summed E-state index contributed by atoms with van der Waals surface area (Å²) in [6.45, 7) is 7.35. The molecule has 3 N–H and O–H groups in total. The van der Waals surface area contributed by atoms with Crippen LogP contribution in [0, 0.1) is 6.92 Å². The van der Waals surface area contributed by atoms with Crippen LogP contribution >= 0.6 is 35.3 Å². The second-order valence-electron chi connectivity index (χ2n) is 7.62. The number of benzene rings is 1. The summed E-state index contributed by atoms with van der Waals surface area (Å²) in [6, 6.07) is 11.1. The highest BCUT2D eigenvalue weighted by Crippen LogP contribution is 2.25. The summed E-state index contributed by atoms with van der Waals surface area (Å²) < 4.78 is 5.54. The molecule has 1 unspecified atom stereocenters. The van der Waals surface area contributed by atoms with E-state index in [-0.39, 0.29) is 24.0 Å². The van der Waals surface area contributed by atoms with E-state index in [1.54, 1.807) is 0 Å². The van der Waals surface area contributed by atoms with Crippen LogP contribution in [0.2, 0.25) is 0 Å². The summed E-state index contributed by atoms with van der Waals surface area (Å²) >= 11 is 1.82. The van der Waals surface area contributed by atoms with Crippen molar-refractivity contribution in [3.63, 3.8) is 0 Å². The topological polar surface area (TPSA) is 64.7 Å². The van der Waals surface area contributed by atoms with Gasteiger partial charge in [-0.25, -0.2) is 0 Å². The van der Waals surface area contributed by atoms with Crippen molar-refractivity contribution in [3.8, 4) is 0 Å². The summed E-state index contributed by atoms with van der Waals surface area (Å²) in [5, 5.41) is 10.5. The second kappa shape index (κ2) is 11.8. The molecular formula is C23H32IN5OS. The standard InChI is InChI=1S/C23H31N5OS.HI/c1-17-5-3-6-19-18(15-26-22(17)19)8-9-25-23(24-2)27-16-20(21-7-4-14-30-21)28-10-12-29-13-11-28;/h3-7,14-15,20,26H,8-13,16H2,1-2H3,(H2,24,25,27);1H. The third-order valence-electron chi connectivity index (χ3n) is 5.74. The van der Waals surface area contributed by atoms with E-state index in [4.69, 9.17) is 4.74 Å². The Labute approximate surface area is 205 Å². The van der Waals surface area contributed by atoms with E-state index in [1.165, 1.54) is 26.9 Å². The molecule has 4 rings (SSSR count). The number of guanidine groups is 1. The summed E-state index contributed by atoms with van der Waals surface area (Å²) in [5.41, 5.74) is 3.85. The zero-order chi connectivity index (χ0) is 20.8. The van der Waals surface area contributed by atoms with Crippen molar-refractivity contribution < 1.29 is 4.74 Å². The predicted molar refractivity (Wildman–Crippen MR) is 141 cm³/mol. The van der Waals surface area contributed by atoms with Crippen LogP contribution in [-0.2, 0) is 11.2 Å². The zero-order valence-corrected chi connectivity index (χ0v) is 21.3. The molecule has 1 fully saturated rings. The Hall–Kier alpha value is -1.62. The average Bonchev–Trinajstić information content (AvgIpc) is 3.45. The first-order valence-electron chi connectivity index (χ1n) is 10.6. The number of morpholine rings is 1. The molecule has 0 aliphatic carbocycles. The number of hydrogen-bond acceptors (Lipinski definition) is 4. The van der Waals surface area contributed by atoms with E-state index in [2.05, 4.69) is 74.3 Å². The lowest BCUT2D eigenvalue weighted by Crippen LogP contribution is -2.46. The number of thiophene rings is 1. The molecule has 0 bridgehead atoms. The van der Waals surface area contributed by atoms with Crippen LogP contribution < -0.4 is 10.6 Å². The number of nitrogens with zero attached hydrogens (tertiary/aromatic N) is 2. The lowest BCUT2D eigenvalue weighted by Gasteiger charge is -2.34. The van der Waals surface area contributed by atoms with Crippen LogP contribution in [0.5, 0.6) is 0 Å². The summed E-state index contributed by atoms with van der Waals surface area (Å²) in [6.07, 6.45) is 3.07. The fourth-order valence-corrected chi connectivity index (χ4v) is 4.94. The number of aryl methyl sites for hydroxylation is 1. The Bertz CT molecular complexity index is 966. The lowest BCUT2D eigenvalue weighted by molar-refractivity contribution is 0.0177. The second-order valence-corrected chi connectivity index (χ2v) is 8.60. The molecule has 1 aliphatic rings. The smallest absolute Gasteiger partial charge is 0.191 e. The maximum absolute atomic E-state index is 5.54. The van der Waals surface area contributed by atoms with E-state index in [1.807, 2.05) is 18.4 Å². The highest BCUT2D eigenvalue weighted by molar-refractivity contribution is 14.0. The van der Waals surface area contributed by atoms with Gasteiger partial charge in [-0.15, -0.1) is 35.3 Å². The van der Waals surface area contributed by atoms with Crippen LogP contribution in [0.15, 0.2) is 46.9 Å². The van der Waals surface area contributed by atoms with Gasteiger partial charge >= 0.3 is 0 Å². The van der Waals surface area contributed by atoms with E-state index in [9.17, 15) is 0 Å². The van der Waals surface area contributed by atoms with Crippen LogP contribution in [-0.4, -0.2) is 62.3 Å². The minimum atomic E-state index is 0. The van der Waals surface area contributed by atoms with Gasteiger partial charge in [-0.05, 0) is 35.9 Å². The van der Waals surface area contributed by atoms with Crippen molar-refractivity contribution in [1.82, 2.24) is 20.5 Å². The summed E-state index contributed by atoms with van der Waals surface area (Å²) in [4.78, 5) is 11.7. The van der Waals surface area contributed by atoms with Crippen molar-refractivity contribution >= 4 is 52.2 Å². The maximum Gasteiger partial charge on any atom is 0.191 e. The highest BCUT2D eigenvalue weighted by atomic mass is 127. The van der Waals surface area contributed by atoms with Gasteiger partial charge < -0.3 is 20.4 Å². The SMILES string of the molecule is CN=C(NCCc1c[nH]c2c(C)cccc12)NCC(c1cccs1)N1CCOCC1.I. The summed E-state index contributed by atoms with van der Waals surface area (Å²) in [5.74, 6) is 0.848. The Morgan fingerprint density at radius 2 is 2.06 bits per heavy atom. The minimum absolute atomic E-state index is 0. The first-order chi connectivity index (χ1) is 14.8. The van der Waals surface area contributed by atoms with Gasteiger partial charge in [0.05, 0.1) is 19.3 Å². The van der Waals surface area contributed by atoms with E-state index >= 15 is 0 Å². The fourth-order valence-electron chi connectivity index (χ4n) is 4.08.